The summed E-state index contributed by atoms with van der Waals surface area (Å²) in [4.78, 5) is 27.8. The monoisotopic (exact) mass is 301 g/mol. The van der Waals surface area contributed by atoms with Crippen molar-refractivity contribution in [2.75, 3.05) is 61.1 Å². The van der Waals surface area contributed by atoms with Crippen molar-refractivity contribution in [1.29, 1.82) is 0 Å². The normalized spacial score (nSPS) is 17.3. The molecule has 2 amide bonds. The molecule has 1 rings (SSSR count). The maximum absolute atomic E-state index is 12.9. The summed E-state index contributed by atoms with van der Waals surface area (Å²) >= 11 is 0. The van der Waals surface area contributed by atoms with Crippen molar-refractivity contribution in [2.24, 2.45) is 0 Å². The Bertz CT molecular complexity index is 354. The second kappa shape index (κ2) is 8.31. The van der Waals surface area contributed by atoms with E-state index < -0.39 is 5.60 Å². The van der Waals surface area contributed by atoms with Gasteiger partial charge in [-0.05, 0) is 25.9 Å². The van der Waals surface area contributed by atoms with Crippen LogP contribution in [0.4, 0.5) is 0 Å². The van der Waals surface area contributed by atoms with E-state index in [4.69, 9.17) is 9.47 Å². The molecule has 0 aromatic rings. The molecule has 1 saturated heterocycles. The molecule has 0 bridgehead atoms. The summed E-state index contributed by atoms with van der Waals surface area (Å²) in [5.41, 5.74) is -0.828. The van der Waals surface area contributed by atoms with Crippen molar-refractivity contribution in [3.63, 3.8) is 0 Å². The molecule has 0 aliphatic carbocycles. The van der Waals surface area contributed by atoms with E-state index in [1.807, 2.05) is 0 Å². The van der Waals surface area contributed by atoms with Gasteiger partial charge in [-0.3, -0.25) is 9.59 Å². The molecule has 0 unspecified atom stereocenters. The van der Waals surface area contributed by atoms with Gasteiger partial charge in [-0.15, -0.1) is 0 Å². The number of likely N-dealkylation sites (N-methyl/N-ethyl adjacent to an activating group) is 1. The molecule has 0 aromatic carbocycles. The van der Waals surface area contributed by atoms with Crippen LogP contribution in [0.15, 0.2) is 0 Å². The smallest absolute Gasteiger partial charge is 0.255 e. The quantitative estimate of drug-likeness (QED) is 0.674. The van der Waals surface area contributed by atoms with E-state index in [2.05, 4.69) is 5.32 Å². The molecule has 0 radical (unpaired) electrons. The number of hydrogen-bond acceptors (Lipinski definition) is 5. The van der Waals surface area contributed by atoms with E-state index in [0.29, 0.717) is 26.0 Å². The third-order valence-electron chi connectivity index (χ3n) is 3.87. The van der Waals surface area contributed by atoms with Crippen LogP contribution >= 0.6 is 0 Å². The Morgan fingerprint density at radius 2 is 1.81 bits per heavy atom. The molecule has 0 saturated carbocycles. The highest BCUT2D eigenvalue weighted by Gasteiger charge is 2.42. The van der Waals surface area contributed by atoms with Gasteiger partial charge in [0.2, 0.25) is 5.91 Å². The molecule has 1 fully saturated rings. The highest BCUT2D eigenvalue weighted by Crippen LogP contribution is 2.25. The Hall–Kier alpha value is -1.18. The zero-order valence-electron chi connectivity index (χ0n) is 13.5. The van der Waals surface area contributed by atoms with Crippen molar-refractivity contribution in [3.8, 4) is 0 Å². The number of ether oxygens (including phenoxy) is 2. The van der Waals surface area contributed by atoms with Crippen molar-refractivity contribution >= 4 is 11.8 Å². The van der Waals surface area contributed by atoms with E-state index in [0.717, 1.165) is 13.1 Å². The van der Waals surface area contributed by atoms with Gasteiger partial charge >= 0.3 is 0 Å². The lowest BCUT2D eigenvalue weighted by Crippen LogP contribution is -2.57. The summed E-state index contributed by atoms with van der Waals surface area (Å²) in [7, 11) is 6.49. The number of nitrogens with one attached hydrogen (secondary N) is 1. The topological polar surface area (TPSA) is 71.1 Å². The van der Waals surface area contributed by atoms with Crippen molar-refractivity contribution in [3.05, 3.63) is 0 Å². The van der Waals surface area contributed by atoms with Crippen LogP contribution < -0.4 is 5.32 Å². The maximum Gasteiger partial charge on any atom is 0.255 e. The number of carbonyl (C=O) groups excluding carboxylic acids is 2. The third kappa shape index (κ3) is 4.66. The summed E-state index contributed by atoms with van der Waals surface area (Å²) in [5, 5.41) is 3.22. The number of nitrogens with zero attached hydrogens (tertiary/aromatic N) is 2. The van der Waals surface area contributed by atoms with Crippen LogP contribution in [0.3, 0.4) is 0 Å². The zero-order chi connectivity index (χ0) is 15.9. The van der Waals surface area contributed by atoms with Gasteiger partial charge < -0.3 is 24.6 Å². The average molecular weight is 301 g/mol. The Balaban J connectivity index is 2.84. The van der Waals surface area contributed by atoms with Crippen molar-refractivity contribution in [2.45, 2.75) is 18.4 Å². The molecule has 122 valence electrons. The number of hydrogen-bond donors (Lipinski definition) is 1. The Labute approximate surface area is 126 Å². The molecule has 1 aliphatic heterocycles. The molecule has 1 N–H and O–H groups in total. The first kappa shape index (κ1) is 17.9. The predicted molar refractivity (Wildman–Crippen MR) is 79.0 cm³/mol. The number of carbonyl (C=O) groups is 2. The summed E-state index contributed by atoms with van der Waals surface area (Å²) in [6.45, 7) is 2.30. The molecular weight excluding hydrogens is 274 g/mol. The number of piperidine rings is 1. The lowest BCUT2D eigenvalue weighted by Gasteiger charge is -2.38. The average Bonchev–Trinajstić information content (AvgIpc) is 2.50. The first-order chi connectivity index (χ1) is 9.96. The van der Waals surface area contributed by atoms with Crippen molar-refractivity contribution in [1.82, 2.24) is 15.1 Å². The Morgan fingerprint density at radius 3 is 2.29 bits per heavy atom. The van der Waals surface area contributed by atoms with E-state index in [-0.39, 0.29) is 18.4 Å². The van der Waals surface area contributed by atoms with E-state index in [9.17, 15) is 9.59 Å². The summed E-state index contributed by atoms with van der Waals surface area (Å²) < 4.78 is 10.6. The van der Waals surface area contributed by atoms with Gasteiger partial charge in [0.25, 0.3) is 5.91 Å². The van der Waals surface area contributed by atoms with Gasteiger partial charge in [0, 0.05) is 34.9 Å². The molecular formula is C14H27N3O4. The van der Waals surface area contributed by atoms with Gasteiger partial charge in [-0.1, -0.05) is 0 Å². The second-order valence-electron chi connectivity index (χ2n) is 5.46. The summed E-state index contributed by atoms with van der Waals surface area (Å²) in [5.74, 6) is -0.238. The minimum absolute atomic E-state index is 0.0493. The van der Waals surface area contributed by atoms with Gasteiger partial charge in [0.1, 0.15) is 5.60 Å². The Morgan fingerprint density at radius 1 is 1.19 bits per heavy atom. The van der Waals surface area contributed by atoms with E-state index in [1.165, 1.54) is 4.90 Å². The number of amides is 2. The maximum atomic E-state index is 12.9. The first-order valence-electron chi connectivity index (χ1n) is 7.21. The summed E-state index contributed by atoms with van der Waals surface area (Å²) in [6.07, 6.45) is 1.23. The van der Waals surface area contributed by atoms with Crippen molar-refractivity contribution < 1.29 is 19.1 Å². The van der Waals surface area contributed by atoms with Gasteiger partial charge in [-0.2, -0.15) is 0 Å². The fourth-order valence-electron chi connectivity index (χ4n) is 2.38. The van der Waals surface area contributed by atoms with Crippen LogP contribution in [0.2, 0.25) is 0 Å². The molecule has 0 atom stereocenters. The predicted octanol–water partition coefficient (Wildman–Crippen LogP) is -0.682. The van der Waals surface area contributed by atoms with Crippen LogP contribution in [0.1, 0.15) is 12.8 Å². The molecule has 1 aliphatic rings. The molecule has 0 spiro atoms. The molecule has 1 heterocycles. The fraction of sp³-hybridized carbons (Fsp3) is 0.857. The highest BCUT2D eigenvalue weighted by molar-refractivity contribution is 5.89. The number of methoxy groups -OCH3 is 2. The standard InChI is InChI=1S/C14H27N3O4/c1-16(2)12(18)11-17(9-10-20-3)13(19)14(21-4)5-7-15-8-6-14/h15H,5-11H2,1-4H3. The molecule has 7 nitrogen and oxygen atoms in total. The highest BCUT2D eigenvalue weighted by atomic mass is 16.5. The van der Waals surface area contributed by atoms with Crippen LogP contribution in [0, 0.1) is 0 Å². The minimum atomic E-state index is -0.828. The molecule has 7 heteroatoms. The first-order valence-corrected chi connectivity index (χ1v) is 7.21. The number of rotatable bonds is 7. The third-order valence-corrected chi connectivity index (χ3v) is 3.87. The van der Waals surface area contributed by atoms with Gasteiger partial charge in [0.15, 0.2) is 0 Å². The van der Waals surface area contributed by atoms with E-state index in [1.54, 1.807) is 33.2 Å². The lowest BCUT2D eigenvalue weighted by atomic mass is 9.90. The molecule has 21 heavy (non-hydrogen) atoms. The van der Waals surface area contributed by atoms with Gasteiger partial charge in [0.05, 0.1) is 13.2 Å². The van der Waals surface area contributed by atoms with Crippen LogP contribution in [-0.4, -0.2) is 88.3 Å². The largest absolute Gasteiger partial charge is 0.383 e. The van der Waals surface area contributed by atoms with Crippen LogP contribution in [0.5, 0.6) is 0 Å². The molecule has 0 aromatic heterocycles. The Kier molecular flexibility index (Phi) is 7.07. The SMILES string of the molecule is COCCN(CC(=O)N(C)C)C(=O)C1(OC)CCNCC1. The zero-order valence-corrected chi connectivity index (χ0v) is 13.5. The van der Waals surface area contributed by atoms with Crippen LogP contribution in [0.25, 0.3) is 0 Å². The van der Waals surface area contributed by atoms with Crippen LogP contribution in [-0.2, 0) is 19.1 Å². The summed E-state index contributed by atoms with van der Waals surface area (Å²) in [6, 6.07) is 0. The fourth-order valence-corrected chi connectivity index (χ4v) is 2.38. The van der Waals surface area contributed by atoms with Gasteiger partial charge in [-0.25, -0.2) is 0 Å². The minimum Gasteiger partial charge on any atom is -0.383 e. The lowest BCUT2D eigenvalue weighted by molar-refractivity contribution is -0.161. The van der Waals surface area contributed by atoms with E-state index >= 15 is 0 Å². The second-order valence-corrected chi connectivity index (χ2v) is 5.46.